The minimum Gasteiger partial charge on any atom is -0.497 e. The van der Waals surface area contributed by atoms with Crippen molar-refractivity contribution in [3.8, 4) is 5.75 Å². The number of anilines is 1. The van der Waals surface area contributed by atoms with Crippen LogP contribution < -0.4 is 9.64 Å². The molecule has 1 aliphatic rings. The fourth-order valence-electron chi connectivity index (χ4n) is 3.99. The Morgan fingerprint density at radius 1 is 1.00 bits per heavy atom. The van der Waals surface area contributed by atoms with Gasteiger partial charge in [-0.15, -0.1) is 5.10 Å². The Hall–Kier alpha value is -3.94. The third-order valence-corrected chi connectivity index (χ3v) is 5.79. The second-order valence-electron chi connectivity index (χ2n) is 7.77. The number of pyridine rings is 1. The zero-order valence-electron chi connectivity index (χ0n) is 17.9. The summed E-state index contributed by atoms with van der Waals surface area (Å²) < 4.78 is 7.06. The van der Waals surface area contributed by atoms with Crippen LogP contribution in [0.4, 0.5) is 5.82 Å². The molecule has 8 nitrogen and oxygen atoms in total. The highest BCUT2D eigenvalue weighted by Gasteiger charge is 2.23. The Kier molecular flexibility index (Phi) is 5.41. The van der Waals surface area contributed by atoms with Gasteiger partial charge in [0.1, 0.15) is 17.1 Å². The van der Waals surface area contributed by atoms with Gasteiger partial charge in [-0.05, 0) is 48.0 Å². The van der Waals surface area contributed by atoms with Crippen LogP contribution in [0.2, 0.25) is 0 Å². The standard InChI is InChI=1S/C24H24N6O2/c1-32-20-8-5-18(6-9-20)17-30-22-10-7-19(16-21(22)26-27-30)24(31)29-14-12-28(13-15-29)23-4-2-3-11-25-23/h2-11,16H,12-15,17H2,1H3. The van der Waals surface area contributed by atoms with Gasteiger partial charge in [0.15, 0.2) is 0 Å². The van der Waals surface area contributed by atoms with Gasteiger partial charge in [-0.3, -0.25) is 4.79 Å². The lowest BCUT2D eigenvalue weighted by atomic mass is 10.1. The summed E-state index contributed by atoms with van der Waals surface area (Å²) in [6.07, 6.45) is 1.80. The summed E-state index contributed by atoms with van der Waals surface area (Å²) in [6.45, 7) is 3.46. The molecule has 0 bridgehead atoms. The fraction of sp³-hybridized carbons (Fsp3) is 0.250. The molecule has 3 heterocycles. The number of nitrogens with zero attached hydrogens (tertiary/aromatic N) is 6. The summed E-state index contributed by atoms with van der Waals surface area (Å²) in [4.78, 5) is 21.6. The van der Waals surface area contributed by atoms with E-state index in [1.807, 2.05) is 70.2 Å². The van der Waals surface area contributed by atoms with Crippen molar-refractivity contribution < 1.29 is 9.53 Å². The quantitative estimate of drug-likeness (QED) is 0.487. The van der Waals surface area contributed by atoms with E-state index in [1.165, 1.54) is 0 Å². The molecular formula is C24H24N6O2. The van der Waals surface area contributed by atoms with Gasteiger partial charge in [0.25, 0.3) is 5.91 Å². The molecule has 32 heavy (non-hydrogen) atoms. The SMILES string of the molecule is COc1ccc(Cn2nnc3cc(C(=O)N4CCN(c5ccccn5)CC4)ccc32)cc1. The van der Waals surface area contributed by atoms with Crippen LogP contribution in [0.3, 0.4) is 0 Å². The first-order valence-electron chi connectivity index (χ1n) is 10.6. The fourth-order valence-corrected chi connectivity index (χ4v) is 3.99. The van der Waals surface area contributed by atoms with Gasteiger partial charge in [-0.25, -0.2) is 9.67 Å². The van der Waals surface area contributed by atoms with Crippen LogP contribution in [-0.4, -0.2) is 64.1 Å². The van der Waals surface area contributed by atoms with Gasteiger partial charge in [0.05, 0.1) is 19.2 Å². The summed E-state index contributed by atoms with van der Waals surface area (Å²) in [7, 11) is 1.65. The molecule has 0 saturated carbocycles. The number of carbonyl (C=O) groups excluding carboxylic acids is 1. The van der Waals surface area contributed by atoms with Gasteiger partial charge in [0.2, 0.25) is 0 Å². The molecule has 0 spiro atoms. The van der Waals surface area contributed by atoms with Crippen LogP contribution in [0.1, 0.15) is 15.9 Å². The summed E-state index contributed by atoms with van der Waals surface area (Å²) >= 11 is 0. The molecule has 5 rings (SSSR count). The molecule has 0 atom stereocenters. The maximum Gasteiger partial charge on any atom is 0.254 e. The lowest BCUT2D eigenvalue weighted by molar-refractivity contribution is 0.0746. The second-order valence-corrected chi connectivity index (χ2v) is 7.77. The predicted octanol–water partition coefficient (Wildman–Crippen LogP) is 2.85. The van der Waals surface area contributed by atoms with Crippen molar-refractivity contribution in [3.63, 3.8) is 0 Å². The lowest BCUT2D eigenvalue weighted by Crippen LogP contribution is -2.49. The molecule has 1 fully saturated rings. The largest absolute Gasteiger partial charge is 0.497 e. The Morgan fingerprint density at radius 3 is 2.53 bits per heavy atom. The van der Waals surface area contributed by atoms with Crippen LogP contribution >= 0.6 is 0 Å². The normalized spacial score (nSPS) is 14.0. The first-order valence-corrected chi connectivity index (χ1v) is 10.6. The molecule has 0 N–H and O–H groups in total. The first-order chi connectivity index (χ1) is 15.7. The Bertz CT molecular complexity index is 1210. The van der Waals surface area contributed by atoms with E-state index in [-0.39, 0.29) is 5.91 Å². The van der Waals surface area contributed by atoms with E-state index >= 15 is 0 Å². The third kappa shape index (κ3) is 3.99. The van der Waals surface area contributed by atoms with Gasteiger partial charge in [-0.1, -0.05) is 23.4 Å². The van der Waals surface area contributed by atoms with Crippen molar-refractivity contribution in [2.24, 2.45) is 0 Å². The second kappa shape index (κ2) is 8.66. The van der Waals surface area contributed by atoms with Crippen molar-refractivity contribution >= 4 is 22.8 Å². The number of fused-ring (bicyclic) bond motifs is 1. The molecule has 162 valence electrons. The van der Waals surface area contributed by atoms with Crippen molar-refractivity contribution in [1.29, 1.82) is 0 Å². The van der Waals surface area contributed by atoms with E-state index in [4.69, 9.17) is 4.74 Å². The summed E-state index contributed by atoms with van der Waals surface area (Å²) in [5, 5.41) is 8.58. The van der Waals surface area contributed by atoms with Gasteiger partial charge >= 0.3 is 0 Å². The lowest BCUT2D eigenvalue weighted by Gasteiger charge is -2.35. The van der Waals surface area contributed by atoms with E-state index in [9.17, 15) is 4.79 Å². The molecule has 2 aromatic heterocycles. The molecule has 8 heteroatoms. The predicted molar refractivity (Wildman–Crippen MR) is 122 cm³/mol. The van der Waals surface area contributed by atoms with Crippen molar-refractivity contribution in [2.75, 3.05) is 38.2 Å². The number of methoxy groups -OCH3 is 1. The molecule has 4 aromatic rings. The Labute approximate surface area is 186 Å². The Balaban J connectivity index is 1.27. The van der Waals surface area contributed by atoms with Crippen LogP contribution in [-0.2, 0) is 6.54 Å². The van der Waals surface area contributed by atoms with Crippen molar-refractivity contribution in [2.45, 2.75) is 6.54 Å². The monoisotopic (exact) mass is 428 g/mol. The molecule has 1 saturated heterocycles. The number of aromatic nitrogens is 4. The van der Waals surface area contributed by atoms with Gasteiger partial charge in [-0.2, -0.15) is 0 Å². The van der Waals surface area contributed by atoms with Crippen LogP contribution in [0, 0.1) is 0 Å². The molecule has 0 aliphatic carbocycles. The van der Waals surface area contributed by atoms with Crippen molar-refractivity contribution in [3.05, 3.63) is 78.0 Å². The topological polar surface area (TPSA) is 76.4 Å². The maximum absolute atomic E-state index is 13.1. The van der Waals surface area contributed by atoms with E-state index < -0.39 is 0 Å². The third-order valence-electron chi connectivity index (χ3n) is 5.79. The highest BCUT2D eigenvalue weighted by Crippen LogP contribution is 2.19. The smallest absolute Gasteiger partial charge is 0.254 e. The average molecular weight is 428 g/mol. The number of ether oxygens (including phenoxy) is 1. The van der Waals surface area contributed by atoms with E-state index in [1.54, 1.807) is 13.3 Å². The zero-order valence-corrected chi connectivity index (χ0v) is 17.9. The minimum atomic E-state index is 0.0253. The molecule has 2 aromatic carbocycles. The number of hydrogen-bond donors (Lipinski definition) is 0. The van der Waals surface area contributed by atoms with Crippen molar-refractivity contribution in [1.82, 2.24) is 24.9 Å². The Morgan fingerprint density at radius 2 is 1.81 bits per heavy atom. The number of hydrogen-bond acceptors (Lipinski definition) is 6. The summed E-state index contributed by atoms with van der Waals surface area (Å²) in [6, 6.07) is 19.4. The number of amides is 1. The van der Waals surface area contributed by atoms with Gasteiger partial charge < -0.3 is 14.5 Å². The number of piperazine rings is 1. The van der Waals surface area contributed by atoms with Gasteiger partial charge in [0, 0.05) is 37.9 Å². The minimum absolute atomic E-state index is 0.0253. The van der Waals surface area contributed by atoms with Crippen LogP contribution in [0.5, 0.6) is 5.75 Å². The molecule has 1 amide bonds. The summed E-state index contributed by atoms with van der Waals surface area (Å²) in [5.41, 5.74) is 3.36. The summed E-state index contributed by atoms with van der Waals surface area (Å²) in [5.74, 6) is 1.80. The van der Waals surface area contributed by atoms with Crippen LogP contribution in [0.25, 0.3) is 11.0 Å². The van der Waals surface area contributed by atoms with E-state index in [0.29, 0.717) is 25.2 Å². The first kappa shape index (κ1) is 20.0. The molecular weight excluding hydrogens is 404 g/mol. The van der Waals surface area contributed by atoms with Crippen LogP contribution in [0.15, 0.2) is 66.9 Å². The van der Waals surface area contributed by atoms with E-state index in [0.717, 1.165) is 41.3 Å². The van der Waals surface area contributed by atoms with E-state index in [2.05, 4.69) is 20.2 Å². The number of carbonyl (C=O) groups is 1. The number of rotatable bonds is 5. The number of benzene rings is 2. The average Bonchev–Trinajstić information content (AvgIpc) is 3.26. The highest BCUT2D eigenvalue weighted by atomic mass is 16.5. The zero-order chi connectivity index (χ0) is 21.9. The molecule has 0 unspecified atom stereocenters. The maximum atomic E-state index is 13.1. The molecule has 0 radical (unpaired) electrons. The molecule has 1 aliphatic heterocycles. The highest BCUT2D eigenvalue weighted by molar-refractivity contribution is 5.97.